The normalized spacial score (nSPS) is 22.5. The molecule has 0 spiro atoms. The molecule has 0 unspecified atom stereocenters. The molecule has 0 radical (unpaired) electrons. The Morgan fingerprint density at radius 3 is 2.26 bits per heavy atom. The van der Waals surface area contributed by atoms with Gasteiger partial charge in [0.25, 0.3) is 0 Å². The number of carbonyl (C=O) groups is 1. The number of azide groups is 1. The van der Waals surface area contributed by atoms with Crippen LogP contribution in [0.15, 0.2) is 53.6 Å². The average Bonchev–Trinajstić information content (AvgIpc) is 2.72. The highest BCUT2D eigenvalue weighted by atomic mass is 16.6. The topological polar surface area (TPSA) is 111 Å². The SMILES string of the molecule is CC(C)(C)OC(=O)N1C[C@H](N=[N+]=[N-])[C@@H](O)[C@H](N2c3ccccc3Oc3ccccc32)C1. The summed E-state index contributed by atoms with van der Waals surface area (Å²) >= 11 is 0. The van der Waals surface area contributed by atoms with E-state index in [1.54, 1.807) is 20.8 Å². The first-order valence-electron chi connectivity index (χ1n) is 10.1. The summed E-state index contributed by atoms with van der Waals surface area (Å²) in [4.78, 5) is 19.2. The Kier molecular flexibility index (Phi) is 5.39. The number of likely N-dealkylation sites (tertiary alicyclic amines) is 1. The van der Waals surface area contributed by atoms with E-state index in [2.05, 4.69) is 10.0 Å². The van der Waals surface area contributed by atoms with Crippen LogP contribution in [0, 0.1) is 0 Å². The molecule has 9 nitrogen and oxygen atoms in total. The fourth-order valence-electron chi connectivity index (χ4n) is 3.97. The molecule has 0 saturated carbocycles. The standard InChI is InChI=1S/C22H25N5O4/c1-22(2,3)31-21(29)26-12-14(24-25-23)20(28)17(13-26)27-15-8-4-6-10-18(15)30-19-11-7-5-9-16(19)27/h4-11,14,17,20,28H,12-13H2,1-3H3/t14-,17+,20+/m0/s1. The second-order valence-electron chi connectivity index (χ2n) is 8.62. The quantitative estimate of drug-likeness (QED) is 0.431. The first kappa shape index (κ1) is 20.8. The van der Waals surface area contributed by atoms with Crippen LogP contribution in [0.1, 0.15) is 20.8 Å². The molecule has 0 aromatic heterocycles. The zero-order chi connectivity index (χ0) is 22.2. The molecule has 3 atom stereocenters. The van der Waals surface area contributed by atoms with Crippen LogP contribution in [-0.2, 0) is 4.74 Å². The van der Waals surface area contributed by atoms with Crippen molar-refractivity contribution < 1.29 is 19.4 Å². The van der Waals surface area contributed by atoms with Gasteiger partial charge in [0.15, 0.2) is 11.5 Å². The lowest BCUT2D eigenvalue weighted by atomic mass is 9.94. The monoisotopic (exact) mass is 423 g/mol. The van der Waals surface area contributed by atoms with Gasteiger partial charge >= 0.3 is 6.09 Å². The zero-order valence-electron chi connectivity index (χ0n) is 17.7. The van der Waals surface area contributed by atoms with Crippen LogP contribution >= 0.6 is 0 Å². The molecule has 0 aliphatic carbocycles. The predicted octanol–water partition coefficient (Wildman–Crippen LogP) is 4.59. The number of hydrogen-bond donors (Lipinski definition) is 1. The number of fused-ring (bicyclic) bond motifs is 2. The van der Waals surface area contributed by atoms with Crippen LogP contribution < -0.4 is 9.64 Å². The molecule has 1 N–H and O–H groups in total. The molecular formula is C22H25N5O4. The van der Waals surface area contributed by atoms with Crippen LogP contribution in [0.2, 0.25) is 0 Å². The largest absolute Gasteiger partial charge is 0.453 e. The summed E-state index contributed by atoms with van der Waals surface area (Å²) in [6, 6.07) is 13.6. The van der Waals surface area contributed by atoms with E-state index in [-0.39, 0.29) is 13.1 Å². The molecule has 4 rings (SSSR count). The molecule has 2 aromatic rings. The highest BCUT2D eigenvalue weighted by Crippen LogP contribution is 2.48. The zero-order valence-corrected chi connectivity index (χ0v) is 17.7. The van der Waals surface area contributed by atoms with Crippen LogP contribution in [0.4, 0.5) is 16.2 Å². The lowest BCUT2D eigenvalue weighted by Gasteiger charge is -2.47. The van der Waals surface area contributed by atoms with Gasteiger partial charge in [0.05, 0.1) is 29.6 Å². The number of piperidine rings is 1. The Labute approximate surface area is 180 Å². The minimum atomic E-state index is -1.01. The highest BCUT2D eigenvalue weighted by molar-refractivity contribution is 5.79. The number of anilines is 2. The number of carbonyl (C=O) groups excluding carboxylic acids is 1. The van der Waals surface area contributed by atoms with Crippen LogP contribution in [0.25, 0.3) is 10.4 Å². The number of rotatable bonds is 2. The lowest BCUT2D eigenvalue weighted by molar-refractivity contribution is -0.00122. The fraction of sp³-hybridized carbons (Fsp3) is 0.409. The smallest absolute Gasteiger partial charge is 0.410 e. The summed E-state index contributed by atoms with van der Waals surface area (Å²) in [5.41, 5.74) is 9.89. The van der Waals surface area contributed by atoms with E-state index in [1.807, 2.05) is 53.4 Å². The van der Waals surface area contributed by atoms with Crippen molar-refractivity contribution in [3.63, 3.8) is 0 Å². The fourth-order valence-corrected chi connectivity index (χ4v) is 3.97. The van der Waals surface area contributed by atoms with Gasteiger partial charge in [-0.2, -0.15) is 0 Å². The second-order valence-corrected chi connectivity index (χ2v) is 8.62. The minimum absolute atomic E-state index is 0.0737. The van der Waals surface area contributed by atoms with Crippen molar-refractivity contribution in [3.8, 4) is 11.5 Å². The number of benzene rings is 2. The lowest BCUT2D eigenvalue weighted by Crippen LogP contribution is -2.61. The van der Waals surface area contributed by atoms with Crippen LogP contribution in [0.5, 0.6) is 11.5 Å². The Bertz CT molecular complexity index is 985. The Morgan fingerprint density at radius 1 is 1.13 bits per heavy atom. The molecule has 0 bridgehead atoms. The first-order chi connectivity index (χ1) is 14.8. The van der Waals surface area contributed by atoms with E-state index >= 15 is 0 Å². The third kappa shape index (κ3) is 4.10. The van der Waals surface area contributed by atoms with Crippen LogP contribution in [-0.4, -0.2) is 53.0 Å². The van der Waals surface area contributed by atoms with Crippen molar-refractivity contribution in [2.45, 2.75) is 44.6 Å². The molecule has 162 valence electrons. The third-order valence-electron chi connectivity index (χ3n) is 5.26. The first-order valence-corrected chi connectivity index (χ1v) is 10.1. The maximum absolute atomic E-state index is 12.8. The molecule has 2 heterocycles. The van der Waals surface area contributed by atoms with Crippen molar-refractivity contribution >= 4 is 17.5 Å². The van der Waals surface area contributed by atoms with E-state index in [0.717, 1.165) is 11.4 Å². The summed E-state index contributed by atoms with van der Waals surface area (Å²) in [5.74, 6) is 1.28. The Balaban J connectivity index is 1.76. The maximum atomic E-state index is 12.8. The number of hydrogen-bond acceptors (Lipinski definition) is 6. The van der Waals surface area contributed by atoms with Crippen LogP contribution in [0.3, 0.4) is 0 Å². The van der Waals surface area contributed by atoms with Gasteiger partial charge in [0.1, 0.15) is 5.60 Å². The number of para-hydroxylation sites is 4. The van der Waals surface area contributed by atoms with Crippen molar-refractivity contribution in [1.82, 2.24) is 4.90 Å². The highest BCUT2D eigenvalue weighted by Gasteiger charge is 2.44. The van der Waals surface area contributed by atoms with Gasteiger partial charge in [0, 0.05) is 18.0 Å². The Morgan fingerprint density at radius 2 is 1.71 bits per heavy atom. The van der Waals surface area contributed by atoms with Gasteiger partial charge < -0.3 is 24.4 Å². The Hall–Kier alpha value is -3.42. The molecule has 2 aromatic carbocycles. The van der Waals surface area contributed by atoms with Crippen molar-refractivity contribution in [2.75, 3.05) is 18.0 Å². The van der Waals surface area contributed by atoms with E-state index < -0.39 is 29.9 Å². The molecule has 9 heteroatoms. The summed E-state index contributed by atoms with van der Waals surface area (Å²) in [6.07, 6.45) is -1.52. The van der Waals surface area contributed by atoms with Gasteiger partial charge in [-0.25, -0.2) is 4.79 Å². The van der Waals surface area contributed by atoms with Crippen molar-refractivity contribution in [3.05, 3.63) is 59.0 Å². The number of ether oxygens (including phenoxy) is 2. The molecule has 31 heavy (non-hydrogen) atoms. The van der Waals surface area contributed by atoms with E-state index in [9.17, 15) is 9.90 Å². The summed E-state index contributed by atoms with van der Waals surface area (Å²) < 4.78 is 11.6. The van der Waals surface area contributed by atoms with Gasteiger partial charge in [-0.3, -0.25) is 0 Å². The number of nitrogens with zero attached hydrogens (tertiary/aromatic N) is 5. The minimum Gasteiger partial charge on any atom is -0.453 e. The molecule has 2 aliphatic heterocycles. The molecular weight excluding hydrogens is 398 g/mol. The molecule has 1 saturated heterocycles. The number of amides is 1. The van der Waals surface area contributed by atoms with Gasteiger partial charge in [-0.15, -0.1) is 0 Å². The van der Waals surface area contributed by atoms with E-state index in [0.29, 0.717) is 11.5 Å². The van der Waals surface area contributed by atoms with E-state index in [4.69, 9.17) is 15.0 Å². The van der Waals surface area contributed by atoms with Crippen molar-refractivity contribution in [1.29, 1.82) is 0 Å². The summed E-state index contributed by atoms with van der Waals surface area (Å²) in [6.45, 7) is 5.64. The maximum Gasteiger partial charge on any atom is 0.410 e. The summed E-state index contributed by atoms with van der Waals surface area (Å²) in [7, 11) is 0. The predicted molar refractivity (Wildman–Crippen MR) is 116 cm³/mol. The second kappa shape index (κ2) is 8.02. The average molecular weight is 423 g/mol. The van der Waals surface area contributed by atoms with Crippen molar-refractivity contribution in [2.24, 2.45) is 5.11 Å². The molecule has 2 aliphatic rings. The third-order valence-corrected chi connectivity index (χ3v) is 5.26. The van der Waals surface area contributed by atoms with Gasteiger partial charge in [-0.05, 0) is 50.6 Å². The van der Waals surface area contributed by atoms with Gasteiger partial charge in [-0.1, -0.05) is 29.4 Å². The van der Waals surface area contributed by atoms with E-state index in [1.165, 1.54) is 4.90 Å². The molecule has 1 amide bonds. The number of aliphatic hydroxyl groups excluding tert-OH is 1. The number of aliphatic hydroxyl groups is 1. The van der Waals surface area contributed by atoms with Gasteiger partial charge in [0.2, 0.25) is 0 Å². The summed E-state index contributed by atoms with van der Waals surface area (Å²) in [5, 5.41) is 14.9. The molecule has 1 fully saturated rings.